The number of guanidine groups is 1. The van der Waals surface area contributed by atoms with Crippen LogP contribution in [0.15, 0.2) is 53.7 Å². The van der Waals surface area contributed by atoms with Crippen molar-refractivity contribution in [3.63, 3.8) is 0 Å². The highest BCUT2D eigenvalue weighted by atomic mass is 16.5. The maximum atomic E-state index is 5.25. The molecule has 1 aliphatic heterocycles. The van der Waals surface area contributed by atoms with Crippen molar-refractivity contribution in [3.05, 3.63) is 59.9 Å². The topological polar surface area (TPSA) is 49.8 Å². The molecule has 0 bridgehead atoms. The van der Waals surface area contributed by atoms with Crippen LogP contribution in [0.4, 0.5) is 0 Å². The summed E-state index contributed by atoms with van der Waals surface area (Å²) in [6.07, 6.45) is 2.95. The number of benzene rings is 1. The molecule has 2 heterocycles. The van der Waals surface area contributed by atoms with Crippen molar-refractivity contribution in [1.29, 1.82) is 0 Å². The summed E-state index contributed by atoms with van der Waals surface area (Å²) in [6, 6.07) is 14.4. The van der Waals surface area contributed by atoms with E-state index in [0.717, 1.165) is 43.5 Å². The predicted molar refractivity (Wildman–Crippen MR) is 101 cm³/mol. The molecule has 1 unspecified atom stereocenters. The average Bonchev–Trinajstić information content (AvgIpc) is 3.16. The smallest absolute Gasteiger partial charge is 0.194 e. The first-order valence-corrected chi connectivity index (χ1v) is 8.87. The van der Waals surface area contributed by atoms with Crippen molar-refractivity contribution < 1.29 is 4.74 Å². The van der Waals surface area contributed by atoms with Crippen molar-refractivity contribution in [1.82, 2.24) is 15.2 Å². The molecule has 25 heavy (non-hydrogen) atoms. The Morgan fingerprint density at radius 1 is 1.28 bits per heavy atom. The van der Waals surface area contributed by atoms with Gasteiger partial charge in [-0.1, -0.05) is 18.2 Å². The Morgan fingerprint density at radius 2 is 2.12 bits per heavy atom. The lowest BCUT2D eigenvalue weighted by molar-refractivity contribution is 0.414. The molecule has 132 valence electrons. The lowest BCUT2D eigenvalue weighted by Crippen LogP contribution is -2.40. The third-order valence-electron chi connectivity index (χ3n) is 4.53. The zero-order valence-electron chi connectivity index (χ0n) is 15.0. The molecule has 1 aromatic heterocycles. The third-order valence-corrected chi connectivity index (χ3v) is 4.53. The predicted octanol–water partition coefficient (Wildman–Crippen LogP) is 3.05. The van der Waals surface area contributed by atoms with Crippen LogP contribution < -0.4 is 10.1 Å². The number of hydrogen-bond donors (Lipinski definition) is 1. The number of ether oxygens (including phenoxy) is 1. The molecule has 0 saturated carbocycles. The Hall–Kier alpha value is -2.56. The minimum Gasteiger partial charge on any atom is -0.497 e. The zero-order valence-corrected chi connectivity index (χ0v) is 15.0. The molecule has 1 atom stereocenters. The highest BCUT2D eigenvalue weighted by molar-refractivity contribution is 5.80. The highest BCUT2D eigenvalue weighted by Crippen LogP contribution is 2.28. The van der Waals surface area contributed by atoms with E-state index in [4.69, 9.17) is 9.73 Å². The van der Waals surface area contributed by atoms with Crippen LogP contribution >= 0.6 is 0 Å². The molecular formula is C20H26N4O. The Bertz CT molecular complexity index is 685. The van der Waals surface area contributed by atoms with Crippen LogP contribution in [0.3, 0.4) is 0 Å². The van der Waals surface area contributed by atoms with Gasteiger partial charge in [0, 0.05) is 31.7 Å². The first-order valence-electron chi connectivity index (χ1n) is 8.87. The van der Waals surface area contributed by atoms with Crippen LogP contribution in [-0.2, 0) is 6.54 Å². The van der Waals surface area contributed by atoms with Crippen LogP contribution in [0.1, 0.15) is 30.5 Å². The molecule has 1 aromatic carbocycles. The molecule has 1 aliphatic rings. The van der Waals surface area contributed by atoms with E-state index in [-0.39, 0.29) is 0 Å². The van der Waals surface area contributed by atoms with E-state index in [9.17, 15) is 0 Å². The van der Waals surface area contributed by atoms with Crippen LogP contribution in [0.25, 0.3) is 0 Å². The van der Waals surface area contributed by atoms with E-state index >= 15 is 0 Å². The fraction of sp³-hybridized carbons (Fsp3) is 0.400. The number of hydrogen-bond acceptors (Lipinski definition) is 3. The first kappa shape index (κ1) is 17.3. The lowest BCUT2D eigenvalue weighted by atomic mass is 9.98. The van der Waals surface area contributed by atoms with E-state index in [1.807, 2.05) is 36.5 Å². The number of aliphatic imine (C=N–C) groups is 1. The molecule has 1 saturated heterocycles. The molecule has 0 spiro atoms. The van der Waals surface area contributed by atoms with Gasteiger partial charge >= 0.3 is 0 Å². The fourth-order valence-corrected chi connectivity index (χ4v) is 3.17. The van der Waals surface area contributed by atoms with E-state index < -0.39 is 0 Å². The van der Waals surface area contributed by atoms with Gasteiger partial charge in [-0.2, -0.15) is 0 Å². The van der Waals surface area contributed by atoms with E-state index in [1.54, 1.807) is 7.11 Å². The highest BCUT2D eigenvalue weighted by Gasteiger charge is 2.26. The van der Waals surface area contributed by atoms with Crippen LogP contribution in [0, 0.1) is 0 Å². The van der Waals surface area contributed by atoms with Crippen molar-refractivity contribution >= 4 is 5.96 Å². The molecule has 0 amide bonds. The number of aromatic nitrogens is 1. The van der Waals surface area contributed by atoms with Gasteiger partial charge in [-0.25, -0.2) is 4.99 Å². The zero-order chi connectivity index (χ0) is 17.5. The maximum Gasteiger partial charge on any atom is 0.194 e. The van der Waals surface area contributed by atoms with Crippen LogP contribution in [0.5, 0.6) is 5.75 Å². The number of methoxy groups -OCH3 is 1. The number of pyridine rings is 1. The van der Waals surface area contributed by atoms with E-state index in [0.29, 0.717) is 12.5 Å². The summed E-state index contributed by atoms with van der Waals surface area (Å²) in [5.41, 5.74) is 2.35. The van der Waals surface area contributed by atoms with Gasteiger partial charge in [0.25, 0.3) is 0 Å². The van der Waals surface area contributed by atoms with E-state index in [2.05, 4.69) is 34.3 Å². The molecule has 0 radical (unpaired) electrons. The van der Waals surface area contributed by atoms with Gasteiger partial charge < -0.3 is 15.0 Å². The summed E-state index contributed by atoms with van der Waals surface area (Å²) in [5, 5.41) is 3.41. The Kier molecular flexibility index (Phi) is 5.88. The fourth-order valence-electron chi connectivity index (χ4n) is 3.17. The molecule has 1 fully saturated rings. The van der Waals surface area contributed by atoms with Gasteiger partial charge in [0.1, 0.15) is 5.75 Å². The summed E-state index contributed by atoms with van der Waals surface area (Å²) in [6.45, 7) is 5.58. The van der Waals surface area contributed by atoms with Gasteiger partial charge in [0.2, 0.25) is 0 Å². The monoisotopic (exact) mass is 338 g/mol. The van der Waals surface area contributed by atoms with E-state index in [1.165, 1.54) is 5.56 Å². The van der Waals surface area contributed by atoms with Crippen molar-refractivity contribution in [3.8, 4) is 5.75 Å². The second-order valence-corrected chi connectivity index (χ2v) is 6.20. The number of likely N-dealkylation sites (tertiary alicyclic amines) is 1. The van der Waals surface area contributed by atoms with Crippen molar-refractivity contribution in [2.24, 2.45) is 4.99 Å². The second kappa shape index (κ2) is 8.51. The van der Waals surface area contributed by atoms with Gasteiger partial charge in [0.05, 0.1) is 19.3 Å². The summed E-state index contributed by atoms with van der Waals surface area (Å²) >= 11 is 0. The summed E-state index contributed by atoms with van der Waals surface area (Å²) in [5.74, 6) is 2.41. The minimum atomic E-state index is 0.532. The number of nitrogens with zero attached hydrogens (tertiary/aromatic N) is 3. The van der Waals surface area contributed by atoms with Crippen molar-refractivity contribution in [2.75, 3.05) is 26.7 Å². The number of rotatable bonds is 5. The molecule has 1 N–H and O–H groups in total. The van der Waals surface area contributed by atoms with Crippen LogP contribution in [-0.4, -0.2) is 42.6 Å². The normalized spacial score (nSPS) is 17.6. The second-order valence-electron chi connectivity index (χ2n) is 6.20. The summed E-state index contributed by atoms with van der Waals surface area (Å²) in [4.78, 5) is 11.5. The van der Waals surface area contributed by atoms with Gasteiger partial charge in [-0.05, 0) is 43.2 Å². The third kappa shape index (κ3) is 4.50. The Labute approximate surface area is 149 Å². The van der Waals surface area contributed by atoms with Gasteiger partial charge in [-0.15, -0.1) is 0 Å². The Morgan fingerprint density at radius 3 is 2.80 bits per heavy atom. The molecule has 5 heteroatoms. The van der Waals surface area contributed by atoms with Crippen LogP contribution in [0.2, 0.25) is 0 Å². The standard InChI is InChI=1S/C20H26N4O/c1-3-21-20(23-14-18-6-4-5-12-22-18)24-13-11-17(15-24)16-7-9-19(25-2)10-8-16/h4-10,12,17H,3,11,13-15H2,1-2H3,(H,21,23). The number of nitrogens with one attached hydrogen (secondary N) is 1. The van der Waals surface area contributed by atoms with Gasteiger partial charge in [-0.3, -0.25) is 4.98 Å². The summed E-state index contributed by atoms with van der Waals surface area (Å²) in [7, 11) is 1.70. The SMILES string of the molecule is CCNC(=NCc1ccccn1)N1CCC(c2ccc(OC)cc2)C1. The lowest BCUT2D eigenvalue weighted by Gasteiger charge is -2.21. The molecule has 3 rings (SSSR count). The molecule has 2 aromatic rings. The quantitative estimate of drug-likeness (QED) is 0.672. The minimum absolute atomic E-state index is 0.532. The largest absolute Gasteiger partial charge is 0.497 e. The Balaban J connectivity index is 1.66. The average molecular weight is 338 g/mol. The van der Waals surface area contributed by atoms with Gasteiger partial charge in [0.15, 0.2) is 5.96 Å². The molecule has 0 aliphatic carbocycles. The maximum absolute atomic E-state index is 5.25. The molecular weight excluding hydrogens is 312 g/mol. The molecule has 5 nitrogen and oxygen atoms in total. The van der Waals surface area contributed by atoms with Crippen molar-refractivity contribution in [2.45, 2.75) is 25.8 Å². The first-order chi connectivity index (χ1) is 12.3. The summed E-state index contributed by atoms with van der Waals surface area (Å²) < 4.78 is 5.25.